The first-order chi connectivity index (χ1) is 15.0. The molecule has 0 bridgehead atoms. The molecule has 0 spiro atoms. The molecule has 0 aliphatic carbocycles. The number of Topliss-reactive ketones (excluding diaryl/α,β-unsaturated/α-hetero) is 1. The van der Waals surface area contributed by atoms with E-state index in [-0.39, 0.29) is 29.4 Å². The van der Waals surface area contributed by atoms with Gasteiger partial charge in [0.25, 0.3) is 11.7 Å². The fourth-order valence-electron chi connectivity index (χ4n) is 3.69. The first kappa shape index (κ1) is 20.2. The van der Waals surface area contributed by atoms with E-state index in [2.05, 4.69) is 4.98 Å². The van der Waals surface area contributed by atoms with Gasteiger partial charge in [0.15, 0.2) is 11.5 Å². The molecule has 2 N–H and O–H groups in total. The number of carbonyl (C=O) groups is 2. The van der Waals surface area contributed by atoms with Gasteiger partial charge in [-0.2, -0.15) is 0 Å². The lowest BCUT2D eigenvalue weighted by Crippen LogP contribution is -2.29. The van der Waals surface area contributed by atoms with Gasteiger partial charge >= 0.3 is 0 Å². The summed E-state index contributed by atoms with van der Waals surface area (Å²) in [5, 5.41) is 21.0. The molecule has 1 atom stereocenters. The molecule has 0 saturated carbocycles. The van der Waals surface area contributed by atoms with Crippen molar-refractivity contribution in [1.29, 1.82) is 0 Å². The summed E-state index contributed by atoms with van der Waals surface area (Å²) in [6.07, 6.45) is 3.24. The van der Waals surface area contributed by atoms with Crippen LogP contribution in [0.15, 0.2) is 78.6 Å². The Labute approximate surface area is 178 Å². The molecule has 1 amide bonds. The number of phenolic OH excluding ortho intramolecular Hbond substituents is 1. The summed E-state index contributed by atoms with van der Waals surface area (Å²) in [5.41, 5.74) is 1.67. The van der Waals surface area contributed by atoms with Crippen LogP contribution in [0.1, 0.15) is 22.7 Å². The van der Waals surface area contributed by atoms with Crippen LogP contribution in [0.4, 0.5) is 0 Å². The Kier molecular flexibility index (Phi) is 5.41. The molecule has 7 heteroatoms. The minimum atomic E-state index is -0.866. The number of amides is 1. The van der Waals surface area contributed by atoms with E-state index in [1.807, 2.05) is 0 Å². The summed E-state index contributed by atoms with van der Waals surface area (Å²) in [4.78, 5) is 31.5. The molecular weight excluding hydrogens is 396 g/mol. The van der Waals surface area contributed by atoms with Crippen LogP contribution in [0.2, 0.25) is 0 Å². The van der Waals surface area contributed by atoms with Gasteiger partial charge in [-0.3, -0.25) is 14.6 Å². The van der Waals surface area contributed by atoms with Crippen molar-refractivity contribution in [2.24, 2.45) is 0 Å². The molecule has 1 saturated heterocycles. The number of ether oxygens (including phenoxy) is 1. The zero-order chi connectivity index (χ0) is 22.0. The van der Waals surface area contributed by atoms with Crippen LogP contribution >= 0.6 is 0 Å². The molecular formula is C24H20N2O5. The number of aromatic hydroxyl groups is 1. The molecule has 4 rings (SSSR count). The number of pyridine rings is 1. The number of ketones is 1. The molecule has 1 aromatic heterocycles. The monoisotopic (exact) mass is 416 g/mol. The van der Waals surface area contributed by atoms with Crippen molar-refractivity contribution >= 4 is 17.4 Å². The predicted molar refractivity (Wildman–Crippen MR) is 113 cm³/mol. The van der Waals surface area contributed by atoms with E-state index < -0.39 is 17.7 Å². The third kappa shape index (κ3) is 3.73. The lowest BCUT2D eigenvalue weighted by Gasteiger charge is -2.25. The highest BCUT2D eigenvalue weighted by Crippen LogP contribution is 2.42. The second kappa shape index (κ2) is 8.31. The molecule has 0 unspecified atom stereocenters. The fraction of sp³-hybridized carbons (Fsp3) is 0.125. The van der Waals surface area contributed by atoms with Crippen molar-refractivity contribution in [3.05, 3.63) is 95.3 Å². The average molecular weight is 416 g/mol. The Bertz CT molecular complexity index is 1160. The van der Waals surface area contributed by atoms with Crippen molar-refractivity contribution in [3.63, 3.8) is 0 Å². The van der Waals surface area contributed by atoms with Gasteiger partial charge < -0.3 is 19.8 Å². The largest absolute Gasteiger partial charge is 0.507 e. The number of aromatic nitrogens is 1. The first-order valence-corrected chi connectivity index (χ1v) is 9.61. The van der Waals surface area contributed by atoms with Gasteiger partial charge in [-0.25, -0.2) is 0 Å². The number of phenols is 1. The minimum absolute atomic E-state index is 0.0205. The summed E-state index contributed by atoms with van der Waals surface area (Å²) in [6, 6.07) is 15.9. The van der Waals surface area contributed by atoms with E-state index in [1.165, 1.54) is 18.1 Å². The van der Waals surface area contributed by atoms with Crippen LogP contribution in [0, 0.1) is 0 Å². The molecule has 2 aromatic carbocycles. The van der Waals surface area contributed by atoms with Crippen LogP contribution in [-0.2, 0) is 16.1 Å². The molecule has 1 aliphatic heterocycles. The molecule has 1 aliphatic rings. The number of aliphatic hydroxyl groups is 1. The SMILES string of the molecule is COc1cc([C@H]2/C(=C(\O)c3ccccc3)C(=O)C(=O)N2Cc2cccnc2)ccc1O. The van der Waals surface area contributed by atoms with E-state index in [9.17, 15) is 19.8 Å². The van der Waals surface area contributed by atoms with Crippen LogP contribution < -0.4 is 4.74 Å². The Morgan fingerprint density at radius 1 is 1.10 bits per heavy atom. The Hall–Kier alpha value is -4.13. The normalized spacial score (nSPS) is 17.7. The molecule has 156 valence electrons. The van der Waals surface area contributed by atoms with Gasteiger partial charge in [0.05, 0.1) is 18.7 Å². The van der Waals surface area contributed by atoms with Crippen molar-refractivity contribution in [2.75, 3.05) is 7.11 Å². The van der Waals surface area contributed by atoms with Crippen molar-refractivity contribution in [3.8, 4) is 11.5 Å². The van der Waals surface area contributed by atoms with Crippen LogP contribution in [-0.4, -0.2) is 38.9 Å². The van der Waals surface area contributed by atoms with E-state index in [4.69, 9.17) is 4.74 Å². The average Bonchev–Trinajstić information content (AvgIpc) is 3.05. The number of carbonyl (C=O) groups excluding carboxylic acids is 2. The maximum absolute atomic E-state index is 13.0. The number of hydrogen-bond acceptors (Lipinski definition) is 6. The van der Waals surface area contributed by atoms with Crippen molar-refractivity contribution in [1.82, 2.24) is 9.88 Å². The molecule has 7 nitrogen and oxygen atoms in total. The Morgan fingerprint density at radius 3 is 2.55 bits per heavy atom. The van der Waals surface area contributed by atoms with Crippen LogP contribution in [0.3, 0.4) is 0 Å². The third-order valence-electron chi connectivity index (χ3n) is 5.18. The molecule has 31 heavy (non-hydrogen) atoms. The minimum Gasteiger partial charge on any atom is -0.507 e. The quantitative estimate of drug-likeness (QED) is 0.376. The van der Waals surface area contributed by atoms with Gasteiger partial charge in [0.1, 0.15) is 5.76 Å². The summed E-state index contributed by atoms with van der Waals surface area (Å²) in [7, 11) is 1.41. The van der Waals surface area contributed by atoms with E-state index >= 15 is 0 Å². The van der Waals surface area contributed by atoms with Gasteiger partial charge in [-0.1, -0.05) is 42.5 Å². The zero-order valence-electron chi connectivity index (χ0n) is 16.7. The highest BCUT2D eigenvalue weighted by molar-refractivity contribution is 6.46. The first-order valence-electron chi connectivity index (χ1n) is 9.61. The van der Waals surface area contributed by atoms with Crippen LogP contribution in [0.5, 0.6) is 11.5 Å². The van der Waals surface area contributed by atoms with Gasteiger partial charge in [-0.15, -0.1) is 0 Å². The lowest BCUT2D eigenvalue weighted by atomic mass is 9.95. The molecule has 0 radical (unpaired) electrons. The smallest absolute Gasteiger partial charge is 0.295 e. The lowest BCUT2D eigenvalue weighted by molar-refractivity contribution is -0.140. The van der Waals surface area contributed by atoms with Crippen molar-refractivity contribution in [2.45, 2.75) is 12.6 Å². The fourth-order valence-corrected chi connectivity index (χ4v) is 3.69. The topological polar surface area (TPSA) is 100.0 Å². The number of benzene rings is 2. The zero-order valence-corrected chi connectivity index (χ0v) is 16.7. The maximum atomic E-state index is 13.0. The van der Waals surface area contributed by atoms with Gasteiger partial charge in [-0.05, 0) is 29.3 Å². The van der Waals surface area contributed by atoms with E-state index in [0.717, 1.165) is 5.56 Å². The molecule has 1 fully saturated rings. The standard InChI is InChI=1S/C24H20N2O5/c1-31-19-12-17(9-10-18(19)27)21-20(22(28)16-7-3-2-4-8-16)23(29)24(30)26(21)14-15-6-5-11-25-13-15/h2-13,21,27-28H,14H2,1H3/b22-20+/t21-/m0/s1. The van der Waals surface area contributed by atoms with Crippen LogP contribution in [0.25, 0.3) is 5.76 Å². The molecule has 2 heterocycles. The second-order valence-electron chi connectivity index (χ2n) is 7.09. The molecule has 3 aromatic rings. The summed E-state index contributed by atoms with van der Waals surface area (Å²) in [5.74, 6) is -1.63. The Morgan fingerprint density at radius 2 is 1.87 bits per heavy atom. The predicted octanol–water partition coefficient (Wildman–Crippen LogP) is 3.42. The third-order valence-corrected chi connectivity index (χ3v) is 5.18. The van der Waals surface area contributed by atoms with Gasteiger partial charge in [0.2, 0.25) is 0 Å². The number of methoxy groups -OCH3 is 1. The number of likely N-dealkylation sites (tertiary alicyclic amines) is 1. The van der Waals surface area contributed by atoms with E-state index in [1.54, 1.807) is 67.0 Å². The Balaban J connectivity index is 1.89. The maximum Gasteiger partial charge on any atom is 0.295 e. The second-order valence-corrected chi connectivity index (χ2v) is 7.09. The van der Waals surface area contributed by atoms with Gasteiger partial charge in [0, 0.05) is 24.5 Å². The number of nitrogens with zero attached hydrogens (tertiary/aromatic N) is 2. The highest BCUT2D eigenvalue weighted by Gasteiger charge is 2.46. The summed E-state index contributed by atoms with van der Waals surface area (Å²) >= 11 is 0. The summed E-state index contributed by atoms with van der Waals surface area (Å²) < 4.78 is 5.21. The van der Waals surface area contributed by atoms with Crippen molar-refractivity contribution < 1.29 is 24.5 Å². The number of hydrogen-bond donors (Lipinski definition) is 2. The summed E-state index contributed by atoms with van der Waals surface area (Å²) in [6.45, 7) is 0.123. The van der Waals surface area contributed by atoms with E-state index in [0.29, 0.717) is 11.1 Å². The highest BCUT2D eigenvalue weighted by atomic mass is 16.5. The number of aliphatic hydroxyl groups excluding tert-OH is 1. The number of rotatable bonds is 5.